The number of carbonyl (C=O) groups is 8. The number of unbranched alkanes of at least 4 members (excludes halogenated alkanes) is 10. The van der Waals surface area contributed by atoms with Crippen molar-refractivity contribution < 1.29 is 80.7 Å². The fraction of sp³-hybridized carbons (Fsp3) is 0.441. The first-order chi connectivity index (χ1) is 42.2. The van der Waals surface area contributed by atoms with E-state index in [2.05, 4.69) is 6.92 Å². The number of ether oxygens (including phenoxy) is 7. The molecule has 0 aromatic heterocycles. The largest absolute Gasteiger partial charge is 0.508 e. The van der Waals surface area contributed by atoms with E-state index in [0.29, 0.717) is 28.7 Å². The summed E-state index contributed by atoms with van der Waals surface area (Å²) in [7, 11) is 0. The first-order valence-corrected chi connectivity index (χ1v) is 30.3. The second kappa shape index (κ2) is 39.6. The van der Waals surface area contributed by atoms with Crippen LogP contribution in [0.25, 0.3) is 0 Å². The van der Waals surface area contributed by atoms with Crippen LogP contribution in [-0.4, -0.2) is 133 Å². The van der Waals surface area contributed by atoms with Gasteiger partial charge in [-0.1, -0.05) is 223 Å². The van der Waals surface area contributed by atoms with Gasteiger partial charge in [-0.2, -0.15) is 0 Å². The molecule has 87 heavy (non-hydrogen) atoms. The van der Waals surface area contributed by atoms with Crippen molar-refractivity contribution in [2.24, 2.45) is 0 Å². The SMILES string of the molecule is CCCCCCCCCCCCCC(=O)OCCN(CCOC(=O)OCc1ccccc1)CCN([N+](CC(=O)OCc1ccccc1)(CC(=O)OCc1ccccc1)C(C)=O)[N+](CC(=O)OCc1ccccc1)(CC(=O)OCc1ccccc1)C(C)=O. The lowest BCUT2D eigenvalue weighted by atomic mass is 10.1. The molecule has 0 fully saturated rings. The molecule has 0 spiro atoms. The average molecular weight is 1200 g/mol. The van der Waals surface area contributed by atoms with Crippen LogP contribution in [0.5, 0.6) is 0 Å². The molecule has 0 aliphatic carbocycles. The second-order valence-electron chi connectivity index (χ2n) is 21.4. The predicted molar refractivity (Wildman–Crippen MR) is 324 cm³/mol. The van der Waals surface area contributed by atoms with Crippen LogP contribution in [0.4, 0.5) is 4.79 Å². The Morgan fingerprint density at radius 3 is 0.954 bits per heavy atom. The van der Waals surface area contributed by atoms with Crippen LogP contribution in [-0.2, 0) is 99.8 Å². The topological polar surface area (TPSA) is 208 Å². The number of carbonyl (C=O) groups excluding carboxylic acids is 8. The molecule has 5 aromatic carbocycles. The third-order valence-electron chi connectivity index (χ3n) is 14.7. The quantitative estimate of drug-likeness (QED) is 0.0117. The van der Waals surface area contributed by atoms with Gasteiger partial charge in [0.2, 0.25) is 26.2 Å². The number of benzene rings is 5. The van der Waals surface area contributed by atoms with Crippen molar-refractivity contribution in [2.75, 3.05) is 65.6 Å². The highest BCUT2D eigenvalue weighted by molar-refractivity contribution is 5.80. The maximum atomic E-state index is 15.1. The summed E-state index contributed by atoms with van der Waals surface area (Å²) in [6.45, 7) is -1.65. The van der Waals surface area contributed by atoms with Crippen LogP contribution >= 0.6 is 0 Å². The van der Waals surface area contributed by atoms with E-state index in [1.807, 2.05) is 6.07 Å². The molecule has 0 atom stereocenters. The van der Waals surface area contributed by atoms with Gasteiger partial charge in [0.25, 0.3) is 0 Å². The van der Waals surface area contributed by atoms with E-state index in [9.17, 15) is 28.8 Å². The van der Waals surface area contributed by atoms with Crippen LogP contribution in [0.15, 0.2) is 152 Å². The minimum absolute atomic E-state index is 0.00310. The van der Waals surface area contributed by atoms with Crippen molar-refractivity contribution in [3.05, 3.63) is 179 Å². The van der Waals surface area contributed by atoms with Crippen molar-refractivity contribution in [3.63, 3.8) is 0 Å². The number of hydrogen-bond acceptors (Lipinski definition) is 17. The summed E-state index contributed by atoms with van der Waals surface area (Å²) in [5.41, 5.74) is 3.13. The maximum Gasteiger partial charge on any atom is 0.508 e. The van der Waals surface area contributed by atoms with Crippen LogP contribution < -0.4 is 0 Å². The molecule has 2 amide bonds. The molecular weight excluding hydrogens is 1110 g/mol. The monoisotopic (exact) mass is 1200 g/mol. The zero-order valence-electron chi connectivity index (χ0n) is 50.9. The van der Waals surface area contributed by atoms with Crippen molar-refractivity contribution in [1.82, 2.24) is 10.0 Å². The Balaban J connectivity index is 1.54. The summed E-state index contributed by atoms with van der Waals surface area (Å²) in [5.74, 6) is -6.21. The van der Waals surface area contributed by atoms with Gasteiger partial charge in [-0.3, -0.25) is 9.69 Å². The van der Waals surface area contributed by atoms with Gasteiger partial charge in [-0.25, -0.2) is 33.6 Å². The molecule has 0 saturated heterocycles. The zero-order chi connectivity index (χ0) is 62.4. The molecular formula is C68H88N4O15+2. The third-order valence-corrected chi connectivity index (χ3v) is 14.7. The molecule has 5 aromatic rings. The smallest absolute Gasteiger partial charge is 0.464 e. The fourth-order valence-electron chi connectivity index (χ4n) is 9.79. The summed E-state index contributed by atoms with van der Waals surface area (Å²) in [6.07, 6.45) is 11.5. The molecule has 0 heterocycles. The molecule has 0 bridgehead atoms. The molecule has 5 rings (SSSR count). The lowest BCUT2D eigenvalue weighted by molar-refractivity contribution is -1.18. The zero-order valence-corrected chi connectivity index (χ0v) is 50.9. The van der Waals surface area contributed by atoms with E-state index in [4.69, 9.17) is 33.2 Å². The highest BCUT2D eigenvalue weighted by Gasteiger charge is 2.60. The summed E-state index contributed by atoms with van der Waals surface area (Å²) < 4.78 is 37.2. The van der Waals surface area contributed by atoms with Crippen molar-refractivity contribution in [1.29, 1.82) is 0 Å². The van der Waals surface area contributed by atoms with E-state index in [1.165, 1.54) is 38.5 Å². The normalized spacial score (nSPS) is 11.4. The molecule has 0 saturated carbocycles. The number of quaternary nitrogens is 2. The molecule has 19 heteroatoms. The van der Waals surface area contributed by atoms with Gasteiger partial charge in [-0.15, -0.1) is 9.18 Å². The minimum atomic E-state index is -1.37. The molecule has 0 unspecified atom stereocenters. The van der Waals surface area contributed by atoms with Crippen LogP contribution in [0.3, 0.4) is 0 Å². The number of amides is 2. The second-order valence-corrected chi connectivity index (χ2v) is 21.4. The van der Waals surface area contributed by atoms with Crippen molar-refractivity contribution >= 4 is 47.8 Å². The number of nitrogens with zero attached hydrogens (tertiary/aromatic N) is 4. The lowest BCUT2D eigenvalue weighted by Crippen LogP contribution is -2.80. The number of esters is 5. The molecule has 468 valence electrons. The predicted octanol–water partition coefficient (Wildman–Crippen LogP) is 10.7. The van der Waals surface area contributed by atoms with E-state index >= 15 is 9.59 Å². The first-order valence-electron chi connectivity index (χ1n) is 30.3. The third kappa shape index (κ3) is 26.2. The van der Waals surface area contributed by atoms with Crippen molar-refractivity contribution in [3.8, 4) is 0 Å². The van der Waals surface area contributed by atoms with E-state index in [0.717, 1.165) is 50.2 Å². The van der Waals surface area contributed by atoms with Gasteiger partial charge < -0.3 is 33.2 Å². The molecule has 0 radical (unpaired) electrons. The molecule has 0 N–H and O–H groups in total. The van der Waals surface area contributed by atoms with Gasteiger partial charge in [-0.05, 0) is 34.2 Å². The van der Waals surface area contributed by atoms with Crippen LogP contribution in [0.1, 0.15) is 126 Å². The van der Waals surface area contributed by atoms with Gasteiger partial charge in [0.1, 0.15) is 52.8 Å². The highest BCUT2D eigenvalue weighted by atomic mass is 16.7. The Labute approximate surface area is 512 Å². The Hall–Kier alpha value is -8.10. The van der Waals surface area contributed by atoms with Gasteiger partial charge in [0.15, 0.2) is 0 Å². The average Bonchev–Trinajstić information content (AvgIpc) is 0.882. The Morgan fingerprint density at radius 1 is 0.333 bits per heavy atom. The standard InChI is InChI=1S/C68H88N4O15/c1-4-5-6-7-8-9-10-11-12-13-29-40-63(75)81-45-43-69(44-46-82-68(80)87-55-62-38-27-18-28-39-62)41-42-70(71(56(2)73,47-64(76)83-51-58-30-19-14-20-31-58)48-65(77)84-52-59-32-21-15-22-33-59)72(57(3)74,49-66(78)85-53-60-34-23-16-24-35-60)50-67(79)86-54-61-36-25-17-26-37-61/h14-28,30-39H,4-13,29,40-55H2,1-3H3/q+2. The van der Waals surface area contributed by atoms with E-state index in [-0.39, 0.29) is 72.3 Å². The maximum absolute atomic E-state index is 15.1. The summed E-state index contributed by atoms with van der Waals surface area (Å²) >= 11 is 0. The van der Waals surface area contributed by atoms with Gasteiger partial charge >= 0.3 is 47.8 Å². The lowest BCUT2D eigenvalue weighted by Gasteiger charge is -2.48. The minimum Gasteiger partial charge on any atom is -0.464 e. The first kappa shape index (κ1) is 69.7. The molecule has 19 nitrogen and oxygen atoms in total. The van der Waals surface area contributed by atoms with E-state index in [1.54, 1.807) is 150 Å². The summed E-state index contributed by atoms with van der Waals surface area (Å²) in [5, 5.41) is 1.15. The summed E-state index contributed by atoms with van der Waals surface area (Å²) in [4.78, 5) is 117. The van der Waals surface area contributed by atoms with Crippen LogP contribution in [0.2, 0.25) is 0 Å². The van der Waals surface area contributed by atoms with Crippen molar-refractivity contribution in [2.45, 2.75) is 131 Å². The fourth-order valence-corrected chi connectivity index (χ4v) is 9.79. The number of rotatable bonds is 41. The summed E-state index contributed by atoms with van der Waals surface area (Å²) in [6, 6.07) is 44.0. The van der Waals surface area contributed by atoms with Gasteiger partial charge in [0.05, 0.1) is 13.8 Å². The molecule has 0 aliphatic rings. The highest BCUT2D eigenvalue weighted by Crippen LogP contribution is 2.28. The number of hydrogen-bond donors (Lipinski definition) is 0. The Kier molecular flexibility index (Phi) is 31.7. The Morgan fingerprint density at radius 2 is 0.632 bits per heavy atom. The van der Waals surface area contributed by atoms with Crippen LogP contribution in [0, 0.1) is 0 Å². The molecule has 0 aliphatic heterocycles. The van der Waals surface area contributed by atoms with E-state index < -0.39 is 89.7 Å². The Bertz CT molecular complexity index is 2590. The van der Waals surface area contributed by atoms with Gasteiger partial charge in [0, 0.05) is 31.2 Å².